The van der Waals surface area contributed by atoms with Crippen LogP contribution in [0.15, 0.2) is 18.2 Å². The zero-order chi connectivity index (χ0) is 10.8. The highest BCUT2D eigenvalue weighted by Crippen LogP contribution is 2.33. The molecule has 0 spiro atoms. The summed E-state index contributed by atoms with van der Waals surface area (Å²) >= 11 is 5.88. The van der Waals surface area contributed by atoms with E-state index in [0.29, 0.717) is 16.3 Å². The fourth-order valence-electron chi connectivity index (χ4n) is 1.76. The highest BCUT2D eigenvalue weighted by molar-refractivity contribution is 6.31. The summed E-state index contributed by atoms with van der Waals surface area (Å²) in [6.45, 7) is 0. The molecule has 0 unspecified atom stereocenters. The molecule has 1 saturated carbocycles. The first-order valence-electron chi connectivity index (χ1n) is 5.10. The number of methoxy groups -OCH3 is 1. The number of ketones is 1. The molecule has 1 aromatic carbocycles. The number of ether oxygens (including phenoxy) is 1. The van der Waals surface area contributed by atoms with Gasteiger partial charge in [-0.05, 0) is 31.0 Å². The third-order valence-electron chi connectivity index (χ3n) is 2.90. The molecule has 0 heterocycles. The molecule has 0 amide bonds. The van der Waals surface area contributed by atoms with Crippen LogP contribution in [-0.4, -0.2) is 12.9 Å². The highest BCUT2D eigenvalue weighted by Gasteiger charge is 2.28. The van der Waals surface area contributed by atoms with Gasteiger partial charge in [-0.3, -0.25) is 4.79 Å². The van der Waals surface area contributed by atoms with Crippen LogP contribution in [0.2, 0.25) is 5.02 Å². The number of benzene rings is 1. The van der Waals surface area contributed by atoms with Gasteiger partial charge in [-0.15, -0.1) is 0 Å². The Kier molecular flexibility index (Phi) is 2.96. The molecule has 1 aliphatic carbocycles. The Hall–Kier alpha value is -1.02. The minimum Gasteiger partial charge on any atom is -0.496 e. The SMILES string of the molecule is COc1ccc(Cl)cc1C(=O)C1CCC1. The number of rotatable bonds is 3. The Bertz CT molecular complexity index is 383. The second-order valence-electron chi connectivity index (χ2n) is 3.84. The van der Waals surface area contributed by atoms with Crippen LogP contribution in [0.5, 0.6) is 5.75 Å². The van der Waals surface area contributed by atoms with Gasteiger partial charge in [-0.25, -0.2) is 0 Å². The van der Waals surface area contributed by atoms with Gasteiger partial charge in [-0.2, -0.15) is 0 Å². The normalized spacial score (nSPS) is 15.9. The fraction of sp³-hybridized carbons (Fsp3) is 0.417. The van der Waals surface area contributed by atoms with E-state index in [1.54, 1.807) is 25.3 Å². The molecule has 80 valence electrons. The molecule has 0 aliphatic heterocycles. The molecule has 0 radical (unpaired) electrons. The molecule has 2 rings (SSSR count). The maximum absolute atomic E-state index is 12.0. The minimum absolute atomic E-state index is 0.167. The molecule has 1 aliphatic rings. The number of carbonyl (C=O) groups excluding carboxylic acids is 1. The quantitative estimate of drug-likeness (QED) is 0.737. The second-order valence-corrected chi connectivity index (χ2v) is 4.27. The minimum atomic E-state index is 0.167. The zero-order valence-electron chi connectivity index (χ0n) is 8.63. The lowest BCUT2D eigenvalue weighted by Gasteiger charge is -2.24. The molecule has 1 fully saturated rings. The topological polar surface area (TPSA) is 26.3 Å². The molecule has 0 atom stereocenters. The Morgan fingerprint density at radius 2 is 2.20 bits per heavy atom. The van der Waals surface area contributed by atoms with Crippen LogP contribution in [0, 0.1) is 5.92 Å². The van der Waals surface area contributed by atoms with Crippen molar-refractivity contribution >= 4 is 17.4 Å². The van der Waals surface area contributed by atoms with Crippen LogP contribution in [-0.2, 0) is 0 Å². The van der Waals surface area contributed by atoms with Crippen molar-refractivity contribution in [1.29, 1.82) is 0 Å². The molecule has 0 aromatic heterocycles. The van der Waals surface area contributed by atoms with Crippen molar-refractivity contribution in [3.8, 4) is 5.75 Å². The van der Waals surface area contributed by atoms with E-state index in [0.717, 1.165) is 19.3 Å². The Morgan fingerprint density at radius 1 is 1.47 bits per heavy atom. The average Bonchev–Trinajstić information content (AvgIpc) is 2.15. The third kappa shape index (κ3) is 2.00. The van der Waals surface area contributed by atoms with E-state index in [1.807, 2.05) is 0 Å². The second kappa shape index (κ2) is 4.23. The van der Waals surface area contributed by atoms with Crippen LogP contribution in [0.4, 0.5) is 0 Å². The molecule has 3 heteroatoms. The van der Waals surface area contributed by atoms with Crippen LogP contribution in [0.3, 0.4) is 0 Å². The molecular formula is C12H13ClO2. The largest absolute Gasteiger partial charge is 0.496 e. The first-order chi connectivity index (χ1) is 7.22. The van der Waals surface area contributed by atoms with E-state index in [2.05, 4.69) is 0 Å². The number of carbonyl (C=O) groups is 1. The van der Waals surface area contributed by atoms with Gasteiger partial charge in [0.1, 0.15) is 5.75 Å². The van der Waals surface area contributed by atoms with Crippen molar-refractivity contribution in [3.05, 3.63) is 28.8 Å². The van der Waals surface area contributed by atoms with Gasteiger partial charge in [0.15, 0.2) is 5.78 Å². The number of hydrogen-bond donors (Lipinski definition) is 0. The van der Waals surface area contributed by atoms with E-state index in [-0.39, 0.29) is 11.7 Å². The van der Waals surface area contributed by atoms with Crippen LogP contribution in [0.1, 0.15) is 29.6 Å². The van der Waals surface area contributed by atoms with Crippen molar-refractivity contribution < 1.29 is 9.53 Å². The molecular weight excluding hydrogens is 212 g/mol. The standard InChI is InChI=1S/C12H13ClO2/c1-15-11-6-5-9(13)7-10(11)12(14)8-3-2-4-8/h5-8H,2-4H2,1H3. The Balaban J connectivity index is 2.31. The predicted octanol–water partition coefficient (Wildman–Crippen LogP) is 3.33. The van der Waals surface area contributed by atoms with Gasteiger partial charge < -0.3 is 4.74 Å². The van der Waals surface area contributed by atoms with Crippen molar-refractivity contribution in [2.45, 2.75) is 19.3 Å². The molecule has 2 nitrogen and oxygen atoms in total. The van der Waals surface area contributed by atoms with Gasteiger partial charge in [0.2, 0.25) is 0 Å². The third-order valence-corrected chi connectivity index (χ3v) is 3.14. The van der Waals surface area contributed by atoms with Gasteiger partial charge in [0.25, 0.3) is 0 Å². The van der Waals surface area contributed by atoms with Gasteiger partial charge in [0, 0.05) is 10.9 Å². The predicted molar refractivity (Wildman–Crippen MR) is 59.7 cm³/mol. The van der Waals surface area contributed by atoms with Crippen molar-refractivity contribution in [3.63, 3.8) is 0 Å². The lowest BCUT2D eigenvalue weighted by molar-refractivity contribution is 0.0852. The van der Waals surface area contributed by atoms with Crippen molar-refractivity contribution in [2.75, 3.05) is 7.11 Å². The number of hydrogen-bond acceptors (Lipinski definition) is 2. The Labute approximate surface area is 94.2 Å². The summed E-state index contributed by atoms with van der Waals surface area (Å²) < 4.78 is 5.16. The summed E-state index contributed by atoms with van der Waals surface area (Å²) in [5, 5.41) is 0.582. The number of Topliss-reactive ketones (excluding diaryl/α,β-unsaturated/α-hetero) is 1. The van der Waals surface area contributed by atoms with Gasteiger partial charge >= 0.3 is 0 Å². The van der Waals surface area contributed by atoms with E-state index >= 15 is 0 Å². The summed E-state index contributed by atoms with van der Waals surface area (Å²) in [6.07, 6.45) is 3.14. The highest BCUT2D eigenvalue weighted by atomic mass is 35.5. The first-order valence-corrected chi connectivity index (χ1v) is 5.48. The molecule has 1 aromatic rings. The number of halogens is 1. The lowest BCUT2D eigenvalue weighted by Crippen LogP contribution is -2.22. The molecule has 0 saturated heterocycles. The zero-order valence-corrected chi connectivity index (χ0v) is 9.38. The van der Waals surface area contributed by atoms with E-state index in [4.69, 9.17) is 16.3 Å². The summed E-state index contributed by atoms with van der Waals surface area (Å²) in [7, 11) is 1.57. The summed E-state index contributed by atoms with van der Waals surface area (Å²) in [5.74, 6) is 0.967. The fourth-order valence-corrected chi connectivity index (χ4v) is 1.94. The lowest BCUT2D eigenvalue weighted by atomic mass is 9.80. The van der Waals surface area contributed by atoms with Crippen molar-refractivity contribution in [1.82, 2.24) is 0 Å². The summed E-state index contributed by atoms with van der Waals surface area (Å²) in [4.78, 5) is 12.0. The summed E-state index contributed by atoms with van der Waals surface area (Å²) in [6, 6.07) is 5.17. The van der Waals surface area contributed by atoms with Crippen LogP contribution < -0.4 is 4.74 Å². The van der Waals surface area contributed by atoms with E-state index < -0.39 is 0 Å². The van der Waals surface area contributed by atoms with Crippen molar-refractivity contribution in [2.24, 2.45) is 5.92 Å². The average molecular weight is 225 g/mol. The van der Waals surface area contributed by atoms with Gasteiger partial charge in [0.05, 0.1) is 12.7 Å². The maximum Gasteiger partial charge on any atom is 0.169 e. The van der Waals surface area contributed by atoms with Gasteiger partial charge in [-0.1, -0.05) is 18.0 Å². The van der Waals surface area contributed by atoms with Crippen LogP contribution >= 0.6 is 11.6 Å². The summed E-state index contributed by atoms with van der Waals surface area (Å²) in [5.41, 5.74) is 0.620. The first kappa shape index (κ1) is 10.5. The van der Waals surface area contributed by atoms with E-state index in [9.17, 15) is 4.79 Å². The molecule has 15 heavy (non-hydrogen) atoms. The molecule has 0 N–H and O–H groups in total. The molecule has 0 bridgehead atoms. The maximum atomic E-state index is 12.0. The van der Waals surface area contributed by atoms with E-state index in [1.165, 1.54) is 0 Å². The van der Waals surface area contributed by atoms with Crippen LogP contribution in [0.25, 0.3) is 0 Å². The smallest absolute Gasteiger partial charge is 0.169 e. The Morgan fingerprint density at radius 3 is 2.73 bits per heavy atom. The monoisotopic (exact) mass is 224 g/mol.